The second-order valence-electron chi connectivity index (χ2n) is 7.87. The molecule has 0 aromatic heterocycles. The number of hydrogen-bond acceptors (Lipinski definition) is 4. The zero-order valence-corrected chi connectivity index (χ0v) is 13.7. The van der Waals surface area contributed by atoms with E-state index in [1.807, 2.05) is 0 Å². The minimum atomic E-state index is -0.199. The summed E-state index contributed by atoms with van der Waals surface area (Å²) >= 11 is 0. The van der Waals surface area contributed by atoms with Gasteiger partial charge in [-0.15, -0.1) is 0 Å². The highest BCUT2D eigenvalue weighted by molar-refractivity contribution is 5.85. The molecule has 0 radical (unpaired) electrons. The van der Waals surface area contributed by atoms with Gasteiger partial charge in [-0.1, -0.05) is 13.3 Å². The number of fused-ring (bicyclic) bond motifs is 3. The van der Waals surface area contributed by atoms with E-state index >= 15 is 0 Å². The molecule has 1 N–H and O–H groups in total. The Balaban J connectivity index is 1.81. The number of carbonyl (C=O) groups is 2. The van der Waals surface area contributed by atoms with Crippen LogP contribution >= 0.6 is 0 Å². The molecule has 0 aromatic carbocycles. The van der Waals surface area contributed by atoms with E-state index in [4.69, 9.17) is 9.84 Å². The number of rotatable bonds is 3. The Morgan fingerprint density at radius 3 is 2.77 bits per heavy atom. The van der Waals surface area contributed by atoms with Gasteiger partial charge in [0.1, 0.15) is 5.78 Å². The maximum absolute atomic E-state index is 12.8. The third-order valence-corrected chi connectivity index (χ3v) is 6.93. The second kappa shape index (κ2) is 5.95. The lowest BCUT2D eigenvalue weighted by molar-refractivity contribution is -0.155. The van der Waals surface area contributed by atoms with Gasteiger partial charge in [-0.05, 0) is 55.3 Å². The molecule has 0 spiro atoms. The summed E-state index contributed by atoms with van der Waals surface area (Å²) in [6, 6.07) is 0. The van der Waals surface area contributed by atoms with Crippen molar-refractivity contribution < 1.29 is 19.4 Å². The van der Waals surface area contributed by atoms with Crippen molar-refractivity contribution in [1.82, 2.24) is 0 Å². The minimum absolute atomic E-state index is 0.109. The van der Waals surface area contributed by atoms with E-state index in [2.05, 4.69) is 6.92 Å². The van der Waals surface area contributed by atoms with Crippen molar-refractivity contribution >= 4 is 11.8 Å². The number of Topliss-reactive ketones (excluding diaryl/α,β-unsaturated/α-hetero) is 1. The molecular weight excluding hydrogens is 280 g/mol. The Labute approximate surface area is 132 Å². The number of ether oxygens (including phenoxy) is 1. The van der Waals surface area contributed by atoms with Crippen molar-refractivity contribution in [3.63, 3.8) is 0 Å². The molecule has 3 aliphatic carbocycles. The molecular formula is C18H28O4. The number of methoxy groups -OCH3 is 1. The van der Waals surface area contributed by atoms with Gasteiger partial charge in [0.15, 0.2) is 0 Å². The first-order valence-electron chi connectivity index (χ1n) is 8.72. The summed E-state index contributed by atoms with van der Waals surface area (Å²) in [5.41, 5.74) is -0.199. The lowest BCUT2D eigenvalue weighted by Gasteiger charge is -2.50. The highest BCUT2D eigenvalue weighted by Crippen LogP contribution is 2.61. The van der Waals surface area contributed by atoms with Crippen LogP contribution in [0.15, 0.2) is 0 Å². The summed E-state index contributed by atoms with van der Waals surface area (Å²) in [4.78, 5) is 24.9. The van der Waals surface area contributed by atoms with Crippen molar-refractivity contribution in [3.05, 3.63) is 0 Å². The second-order valence-corrected chi connectivity index (χ2v) is 7.87. The Kier molecular flexibility index (Phi) is 4.32. The van der Waals surface area contributed by atoms with Gasteiger partial charge in [-0.3, -0.25) is 9.59 Å². The largest absolute Gasteiger partial charge is 0.469 e. The first-order valence-corrected chi connectivity index (χ1v) is 8.72. The van der Waals surface area contributed by atoms with Crippen LogP contribution in [0.25, 0.3) is 0 Å². The predicted molar refractivity (Wildman–Crippen MR) is 82.0 cm³/mol. The third-order valence-electron chi connectivity index (χ3n) is 6.93. The highest BCUT2D eigenvalue weighted by Gasteiger charge is 2.59. The predicted octanol–water partition coefficient (Wildman–Crippen LogP) is 2.58. The monoisotopic (exact) mass is 308 g/mol. The zero-order valence-electron chi connectivity index (χ0n) is 13.7. The van der Waals surface area contributed by atoms with Crippen molar-refractivity contribution in [3.8, 4) is 0 Å². The molecule has 0 amide bonds. The Morgan fingerprint density at radius 1 is 1.32 bits per heavy atom. The number of hydrogen-bond donors (Lipinski definition) is 1. The normalized spacial score (nSPS) is 44.3. The van der Waals surface area contributed by atoms with E-state index in [1.165, 1.54) is 7.11 Å². The van der Waals surface area contributed by atoms with Crippen LogP contribution in [-0.4, -0.2) is 30.6 Å². The first-order chi connectivity index (χ1) is 10.5. The van der Waals surface area contributed by atoms with Crippen molar-refractivity contribution in [2.45, 2.75) is 51.9 Å². The van der Waals surface area contributed by atoms with Crippen molar-refractivity contribution in [1.29, 1.82) is 0 Å². The van der Waals surface area contributed by atoms with Gasteiger partial charge in [0.2, 0.25) is 0 Å². The average molecular weight is 308 g/mol. The van der Waals surface area contributed by atoms with Crippen LogP contribution in [0, 0.1) is 35.0 Å². The molecule has 0 aliphatic heterocycles. The summed E-state index contributed by atoms with van der Waals surface area (Å²) in [5.74, 6) is 1.69. The molecule has 3 saturated carbocycles. The summed E-state index contributed by atoms with van der Waals surface area (Å²) in [6.07, 6.45) is 6.41. The van der Waals surface area contributed by atoms with Crippen LogP contribution < -0.4 is 0 Å². The Morgan fingerprint density at radius 2 is 2.09 bits per heavy atom. The molecule has 0 unspecified atom stereocenters. The number of carbonyl (C=O) groups excluding carboxylic acids is 2. The molecule has 6 atom stereocenters. The van der Waals surface area contributed by atoms with E-state index in [0.717, 1.165) is 38.5 Å². The quantitative estimate of drug-likeness (QED) is 0.814. The highest BCUT2D eigenvalue weighted by atomic mass is 16.5. The van der Waals surface area contributed by atoms with Crippen LogP contribution in [-0.2, 0) is 14.3 Å². The van der Waals surface area contributed by atoms with Gasteiger partial charge in [0.25, 0.3) is 0 Å². The smallest absolute Gasteiger partial charge is 0.309 e. The standard InChI is InChI=1S/C18H28O4/c1-18-10-16(20)13-9-11(7-8-19)3-4-12(13)14(18)5-6-15(18)17(21)22-2/h11-15,19H,3-10H2,1-2H3/t11-,12-,13-,14+,15+,18+/m1/s1. The van der Waals surface area contributed by atoms with Crippen LogP contribution in [0.1, 0.15) is 51.9 Å². The van der Waals surface area contributed by atoms with E-state index in [0.29, 0.717) is 30.0 Å². The minimum Gasteiger partial charge on any atom is -0.469 e. The number of aliphatic hydroxyl groups excluding tert-OH is 1. The molecule has 124 valence electrons. The maximum atomic E-state index is 12.8. The van der Waals surface area contributed by atoms with E-state index < -0.39 is 0 Å². The van der Waals surface area contributed by atoms with Crippen molar-refractivity contribution in [2.75, 3.05) is 13.7 Å². The van der Waals surface area contributed by atoms with Crippen LogP contribution in [0.5, 0.6) is 0 Å². The molecule has 4 nitrogen and oxygen atoms in total. The molecule has 0 heterocycles. The fourth-order valence-corrected chi connectivity index (χ4v) is 5.84. The molecule has 22 heavy (non-hydrogen) atoms. The van der Waals surface area contributed by atoms with Gasteiger partial charge in [-0.25, -0.2) is 0 Å². The first kappa shape index (κ1) is 16.0. The topological polar surface area (TPSA) is 63.6 Å². The molecule has 0 aromatic rings. The van der Waals surface area contributed by atoms with Gasteiger partial charge in [0, 0.05) is 18.9 Å². The third kappa shape index (κ3) is 2.40. The molecule has 0 bridgehead atoms. The molecule has 4 heteroatoms. The zero-order chi connectivity index (χ0) is 15.9. The van der Waals surface area contributed by atoms with Gasteiger partial charge in [0.05, 0.1) is 13.0 Å². The lowest BCUT2D eigenvalue weighted by atomic mass is 9.53. The molecule has 0 saturated heterocycles. The van der Waals surface area contributed by atoms with Crippen LogP contribution in [0.2, 0.25) is 0 Å². The summed E-state index contributed by atoms with van der Waals surface area (Å²) < 4.78 is 4.99. The Bertz CT molecular complexity index is 460. The van der Waals surface area contributed by atoms with Gasteiger partial charge in [-0.2, -0.15) is 0 Å². The maximum Gasteiger partial charge on any atom is 0.309 e. The van der Waals surface area contributed by atoms with Crippen LogP contribution in [0.4, 0.5) is 0 Å². The fraction of sp³-hybridized carbons (Fsp3) is 0.889. The van der Waals surface area contributed by atoms with Gasteiger partial charge >= 0.3 is 5.97 Å². The van der Waals surface area contributed by atoms with E-state index in [1.54, 1.807) is 0 Å². The number of esters is 1. The van der Waals surface area contributed by atoms with Crippen molar-refractivity contribution in [2.24, 2.45) is 35.0 Å². The average Bonchev–Trinajstić information content (AvgIpc) is 2.84. The summed E-state index contributed by atoms with van der Waals surface area (Å²) in [5, 5.41) is 9.16. The summed E-state index contributed by atoms with van der Waals surface area (Å²) in [6.45, 7) is 2.36. The lowest BCUT2D eigenvalue weighted by Crippen LogP contribution is -2.49. The molecule has 3 rings (SSSR count). The molecule has 3 fully saturated rings. The fourth-order valence-electron chi connectivity index (χ4n) is 5.84. The number of ketones is 1. The molecule has 3 aliphatic rings. The summed E-state index contributed by atoms with van der Waals surface area (Å²) in [7, 11) is 1.45. The van der Waals surface area contributed by atoms with Crippen LogP contribution in [0.3, 0.4) is 0 Å². The number of aliphatic hydroxyl groups is 1. The van der Waals surface area contributed by atoms with E-state index in [-0.39, 0.29) is 29.8 Å². The van der Waals surface area contributed by atoms with Gasteiger partial charge < -0.3 is 9.84 Å². The SMILES string of the molecule is COC(=O)[C@@H]1CC[C@H]2[C@@H]3CC[C@H](CCO)C[C@H]3C(=O)C[C@]12C. The van der Waals surface area contributed by atoms with E-state index in [9.17, 15) is 9.59 Å². The Hall–Kier alpha value is -0.900.